The van der Waals surface area contributed by atoms with Gasteiger partial charge in [0.15, 0.2) is 0 Å². The van der Waals surface area contributed by atoms with Gasteiger partial charge in [0.05, 0.1) is 27.4 Å². The number of thiophene rings is 1. The van der Waals surface area contributed by atoms with Crippen molar-refractivity contribution in [2.45, 2.75) is 32.5 Å². The standard InChI is InChI=1S/C17H26BrN3O3S/c1-12-9-21(10-13(2)24-12)8-4-7-19-16(22)11-20(3)17(23)14-5-6-15(18)25-14/h5-6,12-13H,4,7-11H2,1-3H3,(H,19,22). The number of hydrogen-bond acceptors (Lipinski definition) is 5. The fourth-order valence-corrected chi connectivity index (χ4v) is 4.34. The second-order valence-corrected chi connectivity index (χ2v) is 8.95. The highest BCUT2D eigenvalue weighted by Crippen LogP contribution is 2.22. The maximum Gasteiger partial charge on any atom is 0.264 e. The molecule has 8 heteroatoms. The average Bonchev–Trinajstić information content (AvgIpc) is 2.96. The van der Waals surface area contributed by atoms with Crippen LogP contribution >= 0.6 is 27.3 Å². The maximum atomic E-state index is 12.2. The van der Waals surface area contributed by atoms with Crippen molar-refractivity contribution < 1.29 is 14.3 Å². The SMILES string of the molecule is CC1CN(CCCNC(=O)CN(C)C(=O)c2ccc(Br)s2)CC(C)O1. The lowest BCUT2D eigenvalue weighted by Crippen LogP contribution is -2.46. The molecule has 25 heavy (non-hydrogen) atoms. The number of rotatable bonds is 7. The molecule has 0 spiro atoms. The lowest BCUT2D eigenvalue weighted by Gasteiger charge is -2.35. The van der Waals surface area contributed by atoms with Crippen LogP contribution in [0.15, 0.2) is 15.9 Å². The van der Waals surface area contributed by atoms with E-state index < -0.39 is 0 Å². The number of nitrogens with zero attached hydrogens (tertiary/aromatic N) is 2. The van der Waals surface area contributed by atoms with Crippen LogP contribution in [-0.4, -0.2) is 73.6 Å². The lowest BCUT2D eigenvalue weighted by molar-refractivity contribution is -0.121. The molecule has 0 bridgehead atoms. The Bertz CT molecular complexity index is 585. The van der Waals surface area contributed by atoms with Gasteiger partial charge in [-0.3, -0.25) is 14.5 Å². The van der Waals surface area contributed by atoms with E-state index in [1.807, 2.05) is 6.07 Å². The highest BCUT2D eigenvalue weighted by molar-refractivity contribution is 9.11. The van der Waals surface area contributed by atoms with Crippen molar-refractivity contribution in [3.05, 3.63) is 20.8 Å². The number of likely N-dealkylation sites (N-methyl/N-ethyl adjacent to an activating group) is 1. The van der Waals surface area contributed by atoms with Crippen molar-refractivity contribution in [2.75, 3.05) is 39.8 Å². The van der Waals surface area contributed by atoms with Crippen molar-refractivity contribution >= 4 is 39.1 Å². The summed E-state index contributed by atoms with van der Waals surface area (Å²) in [5.74, 6) is -0.266. The van der Waals surface area contributed by atoms with Gasteiger partial charge in [-0.2, -0.15) is 0 Å². The summed E-state index contributed by atoms with van der Waals surface area (Å²) < 4.78 is 6.62. The number of nitrogens with one attached hydrogen (secondary N) is 1. The Balaban J connectivity index is 1.64. The Hall–Kier alpha value is -0.960. The van der Waals surface area contributed by atoms with Crippen molar-refractivity contribution in [3.8, 4) is 0 Å². The molecule has 140 valence electrons. The van der Waals surface area contributed by atoms with Gasteiger partial charge in [-0.05, 0) is 48.3 Å². The van der Waals surface area contributed by atoms with E-state index in [2.05, 4.69) is 40.0 Å². The summed E-state index contributed by atoms with van der Waals surface area (Å²) in [5.41, 5.74) is 0. The third kappa shape index (κ3) is 6.69. The fourth-order valence-electron chi connectivity index (χ4n) is 2.96. The third-order valence-electron chi connectivity index (χ3n) is 3.98. The minimum Gasteiger partial charge on any atom is -0.373 e. The fraction of sp³-hybridized carbons (Fsp3) is 0.647. The Morgan fingerprint density at radius 3 is 2.64 bits per heavy atom. The Kier molecular flexibility index (Phi) is 7.86. The summed E-state index contributed by atoms with van der Waals surface area (Å²) in [7, 11) is 1.64. The van der Waals surface area contributed by atoms with E-state index in [1.54, 1.807) is 13.1 Å². The topological polar surface area (TPSA) is 61.9 Å². The molecule has 2 rings (SSSR count). The Morgan fingerprint density at radius 1 is 1.36 bits per heavy atom. The summed E-state index contributed by atoms with van der Waals surface area (Å²) >= 11 is 4.71. The van der Waals surface area contributed by atoms with Crippen molar-refractivity contribution in [1.82, 2.24) is 15.1 Å². The third-order valence-corrected chi connectivity index (χ3v) is 5.59. The second kappa shape index (κ2) is 9.66. The zero-order chi connectivity index (χ0) is 18.4. The molecular formula is C17H26BrN3O3S. The van der Waals surface area contributed by atoms with Crippen LogP contribution in [0.3, 0.4) is 0 Å². The Labute approximate surface area is 161 Å². The quantitative estimate of drug-likeness (QED) is 0.672. The number of ether oxygens (including phenoxy) is 1. The van der Waals surface area contributed by atoms with E-state index in [4.69, 9.17) is 4.74 Å². The normalized spacial score (nSPS) is 21.1. The number of carbonyl (C=O) groups is 2. The summed E-state index contributed by atoms with van der Waals surface area (Å²) in [6.45, 7) is 7.67. The number of hydrogen-bond donors (Lipinski definition) is 1. The van der Waals surface area contributed by atoms with E-state index in [-0.39, 0.29) is 30.6 Å². The summed E-state index contributed by atoms with van der Waals surface area (Å²) in [6, 6.07) is 3.59. The van der Waals surface area contributed by atoms with Gasteiger partial charge in [-0.15, -0.1) is 11.3 Å². The Morgan fingerprint density at radius 2 is 2.04 bits per heavy atom. The number of carbonyl (C=O) groups excluding carboxylic acids is 2. The first-order chi connectivity index (χ1) is 11.8. The van der Waals surface area contributed by atoms with E-state index in [0.717, 1.165) is 29.8 Å². The molecule has 1 saturated heterocycles. The highest BCUT2D eigenvalue weighted by atomic mass is 79.9. The second-order valence-electron chi connectivity index (χ2n) is 6.49. The molecule has 1 aromatic rings. The predicted molar refractivity (Wildman–Crippen MR) is 103 cm³/mol. The van der Waals surface area contributed by atoms with Gasteiger partial charge in [-0.25, -0.2) is 0 Å². The van der Waals surface area contributed by atoms with Crippen LogP contribution in [0.2, 0.25) is 0 Å². The van der Waals surface area contributed by atoms with E-state index >= 15 is 0 Å². The number of halogens is 1. The van der Waals surface area contributed by atoms with Gasteiger partial charge in [0.1, 0.15) is 0 Å². The van der Waals surface area contributed by atoms with E-state index in [1.165, 1.54) is 16.2 Å². The van der Waals surface area contributed by atoms with E-state index in [9.17, 15) is 9.59 Å². The van der Waals surface area contributed by atoms with Gasteiger partial charge >= 0.3 is 0 Å². The minimum atomic E-state index is -0.137. The molecule has 0 radical (unpaired) electrons. The first kappa shape index (κ1) is 20.4. The molecule has 1 aliphatic heterocycles. The molecule has 2 atom stereocenters. The molecule has 0 aromatic carbocycles. The van der Waals surface area contributed by atoms with Crippen molar-refractivity contribution in [2.24, 2.45) is 0 Å². The van der Waals surface area contributed by atoms with Gasteiger partial charge < -0.3 is 15.0 Å². The van der Waals surface area contributed by atoms with Gasteiger partial charge in [0.2, 0.25) is 5.91 Å². The van der Waals surface area contributed by atoms with Crippen LogP contribution in [0.4, 0.5) is 0 Å². The van der Waals surface area contributed by atoms with E-state index in [0.29, 0.717) is 11.4 Å². The molecule has 2 unspecified atom stereocenters. The molecule has 1 N–H and O–H groups in total. The molecule has 1 aromatic heterocycles. The number of amides is 2. The molecule has 6 nitrogen and oxygen atoms in total. The summed E-state index contributed by atoms with van der Waals surface area (Å²) in [4.78, 5) is 28.7. The number of morpholine rings is 1. The predicted octanol–water partition coefficient (Wildman–Crippen LogP) is 2.20. The smallest absolute Gasteiger partial charge is 0.264 e. The van der Waals surface area contributed by atoms with Gasteiger partial charge in [0, 0.05) is 33.2 Å². The lowest BCUT2D eigenvalue weighted by atomic mass is 10.2. The van der Waals surface area contributed by atoms with Crippen molar-refractivity contribution in [3.63, 3.8) is 0 Å². The van der Waals surface area contributed by atoms with Crippen LogP contribution in [-0.2, 0) is 9.53 Å². The summed E-state index contributed by atoms with van der Waals surface area (Å²) in [5, 5.41) is 2.89. The van der Waals surface area contributed by atoms with Gasteiger partial charge in [0.25, 0.3) is 5.91 Å². The zero-order valence-electron chi connectivity index (χ0n) is 15.0. The van der Waals surface area contributed by atoms with Crippen LogP contribution < -0.4 is 5.32 Å². The van der Waals surface area contributed by atoms with Crippen molar-refractivity contribution in [1.29, 1.82) is 0 Å². The minimum absolute atomic E-state index is 0.0694. The molecule has 0 aliphatic carbocycles. The maximum absolute atomic E-state index is 12.2. The first-order valence-corrected chi connectivity index (χ1v) is 10.1. The monoisotopic (exact) mass is 431 g/mol. The molecular weight excluding hydrogens is 406 g/mol. The molecule has 2 amide bonds. The van der Waals surface area contributed by atoms with Crippen LogP contribution in [0.25, 0.3) is 0 Å². The van der Waals surface area contributed by atoms with Crippen LogP contribution in [0.5, 0.6) is 0 Å². The highest BCUT2D eigenvalue weighted by Gasteiger charge is 2.21. The summed E-state index contributed by atoms with van der Waals surface area (Å²) in [6.07, 6.45) is 1.41. The molecule has 2 heterocycles. The van der Waals surface area contributed by atoms with Gasteiger partial charge in [-0.1, -0.05) is 0 Å². The van der Waals surface area contributed by atoms with Crippen LogP contribution in [0, 0.1) is 0 Å². The molecule has 0 saturated carbocycles. The first-order valence-electron chi connectivity index (χ1n) is 8.50. The average molecular weight is 432 g/mol. The van der Waals surface area contributed by atoms with Crippen LogP contribution in [0.1, 0.15) is 29.9 Å². The molecule has 1 fully saturated rings. The molecule has 1 aliphatic rings. The zero-order valence-corrected chi connectivity index (χ0v) is 17.4. The largest absolute Gasteiger partial charge is 0.373 e.